The summed E-state index contributed by atoms with van der Waals surface area (Å²) < 4.78 is 1.55. The van der Waals surface area contributed by atoms with Gasteiger partial charge in [-0.1, -0.05) is 41.4 Å². The molecule has 3 rings (SSSR count). The summed E-state index contributed by atoms with van der Waals surface area (Å²) in [6.45, 7) is 0.162. The molecule has 122 valence electrons. The molecule has 7 nitrogen and oxygen atoms in total. The zero-order valence-electron chi connectivity index (χ0n) is 12.3. The first-order chi connectivity index (χ1) is 11.6. The highest BCUT2D eigenvalue weighted by Crippen LogP contribution is 2.24. The second-order valence-electron chi connectivity index (χ2n) is 4.78. The molecule has 24 heavy (non-hydrogen) atoms. The van der Waals surface area contributed by atoms with E-state index in [0.29, 0.717) is 21.6 Å². The molecule has 0 spiro atoms. The van der Waals surface area contributed by atoms with Gasteiger partial charge in [-0.25, -0.2) is 4.79 Å². The molecule has 2 N–H and O–H groups in total. The Hall–Kier alpha value is -2.64. The Morgan fingerprint density at radius 3 is 2.62 bits per heavy atom. The Morgan fingerprint density at radius 1 is 1.08 bits per heavy atom. The molecule has 9 heteroatoms. The van der Waals surface area contributed by atoms with Crippen LogP contribution in [0, 0.1) is 0 Å². The van der Waals surface area contributed by atoms with E-state index in [4.69, 9.17) is 23.2 Å². The molecule has 0 aliphatic carbocycles. The molecule has 1 heterocycles. The van der Waals surface area contributed by atoms with E-state index in [1.165, 1.54) is 0 Å². The number of tetrazole rings is 1. The number of aromatic nitrogens is 4. The number of para-hydroxylation sites is 1. The molecule has 0 aliphatic rings. The van der Waals surface area contributed by atoms with Crippen molar-refractivity contribution >= 4 is 34.9 Å². The quantitative estimate of drug-likeness (QED) is 0.745. The summed E-state index contributed by atoms with van der Waals surface area (Å²) in [5.41, 5.74) is 1.34. The fourth-order valence-electron chi connectivity index (χ4n) is 1.99. The van der Waals surface area contributed by atoms with Gasteiger partial charge in [-0.2, -0.15) is 4.68 Å². The third-order valence-electron chi connectivity index (χ3n) is 3.12. The number of hydrogen-bond donors (Lipinski definition) is 2. The van der Waals surface area contributed by atoms with Crippen LogP contribution in [0.15, 0.2) is 48.5 Å². The largest absolute Gasteiger partial charge is 0.330 e. The summed E-state index contributed by atoms with van der Waals surface area (Å²) >= 11 is 11.7. The molecule has 0 bridgehead atoms. The molecule has 2 amide bonds. The molecule has 0 unspecified atom stereocenters. The maximum absolute atomic E-state index is 12.0. The smallest absolute Gasteiger partial charge is 0.319 e. The Balaban J connectivity index is 1.63. The van der Waals surface area contributed by atoms with Gasteiger partial charge in [0.15, 0.2) is 5.82 Å². The highest BCUT2D eigenvalue weighted by Gasteiger charge is 2.10. The zero-order chi connectivity index (χ0) is 16.9. The van der Waals surface area contributed by atoms with Crippen molar-refractivity contribution in [3.63, 3.8) is 0 Å². The fourth-order valence-corrected chi connectivity index (χ4v) is 2.29. The number of nitrogens with zero attached hydrogens (tertiary/aromatic N) is 4. The number of nitrogens with one attached hydrogen (secondary N) is 2. The van der Waals surface area contributed by atoms with Crippen LogP contribution in [-0.4, -0.2) is 26.2 Å². The normalized spacial score (nSPS) is 10.4. The number of urea groups is 1. The van der Waals surface area contributed by atoms with E-state index in [1.807, 2.05) is 30.3 Å². The highest BCUT2D eigenvalue weighted by molar-refractivity contribution is 6.42. The minimum absolute atomic E-state index is 0.162. The minimum atomic E-state index is -0.406. The van der Waals surface area contributed by atoms with E-state index in [0.717, 1.165) is 5.69 Å². The number of hydrogen-bond acceptors (Lipinski definition) is 4. The van der Waals surface area contributed by atoms with Gasteiger partial charge < -0.3 is 10.6 Å². The Kier molecular flexibility index (Phi) is 4.93. The molecular weight excluding hydrogens is 351 g/mol. The van der Waals surface area contributed by atoms with Gasteiger partial charge in [-0.15, -0.1) is 5.10 Å². The van der Waals surface area contributed by atoms with Crippen LogP contribution in [0.2, 0.25) is 10.0 Å². The predicted octanol–water partition coefficient (Wildman–Crippen LogP) is 3.29. The van der Waals surface area contributed by atoms with Gasteiger partial charge in [-0.3, -0.25) is 0 Å². The molecule has 0 saturated carbocycles. The number of carbonyl (C=O) groups is 1. The molecular formula is C15H12Cl2N6O. The maximum atomic E-state index is 12.0. The van der Waals surface area contributed by atoms with Crippen LogP contribution in [0.1, 0.15) is 5.82 Å². The lowest BCUT2D eigenvalue weighted by Gasteiger charge is -2.08. The Morgan fingerprint density at radius 2 is 1.88 bits per heavy atom. The van der Waals surface area contributed by atoms with Crippen molar-refractivity contribution in [1.29, 1.82) is 0 Å². The second-order valence-corrected chi connectivity index (χ2v) is 5.59. The molecule has 0 saturated heterocycles. The van der Waals surface area contributed by atoms with E-state index in [-0.39, 0.29) is 6.54 Å². The van der Waals surface area contributed by atoms with Crippen molar-refractivity contribution in [3.05, 3.63) is 64.4 Å². The Labute approximate surface area is 147 Å². The van der Waals surface area contributed by atoms with Crippen LogP contribution in [0.25, 0.3) is 5.69 Å². The summed E-state index contributed by atoms with van der Waals surface area (Å²) in [6.07, 6.45) is 0. The number of carbonyl (C=O) groups excluding carboxylic acids is 1. The van der Waals surface area contributed by atoms with Crippen molar-refractivity contribution in [2.45, 2.75) is 6.54 Å². The molecule has 3 aromatic rings. The lowest BCUT2D eigenvalue weighted by atomic mass is 10.3. The average Bonchev–Trinajstić information content (AvgIpc) is 3.06. The van der Waals surface area contributed by atoms with Crippen molar-refractivity contribution < 1.29 is 4.79 Å². The fraction of sp³-hybridized carbons (Fsp3) is 0.0667. The summed E-state index contributed by atoms with van der Waals surface area (Å²) in [4.78, 5) is 12.0. The van der Waals surface area contributed by atoms with Gasteiger partial charge in [0.2, 0.25) is 0 Å². The number of amides is 2. The summed E-state index contributed by atoms with van der Waals surface area (Å²) in [6, 6.07) is 13.8. The van der Waals surface area contributed by atoms with Crippen molar-refractivity contribution in [1.82, 2.24) is 25.5 Å². The van der Waals surface area contributed by atoms with E-state index in [9.17, 15) is 4.79 Å². The van der Waals surface area contributed by atoms with E-state index in [2.05, 4.69) is 26.2 Å². The zero-order valence-corrected chi connectivity index (χ0v) is 13.8. The molecule has 0 aliphatic heterocycles. The second kappa shape index (κ2) is 7.29. The summed E-state index contributed by atoms with van der Waals surface area (Å²) in [5, 5.41) is 17.6. The minimum Gasteiger partial charge on any atom is -0.330 e. The first kappa shape index (κ1) is 16.2. The number of rotatable bonds is 4. The van der Waals surface area contributed by atoms with Gasteiger partial charge in [0.25, 0.3) is 0 Å². The van der Waals surface area contributed by atoms with Crippen molar-refractivity contribution in [2.24, 2.45) is 0 Å². The van der Waals surface area contributed by atoms with E-state index in [1.54, 1.807) is 22.9 Å². The van der Waals surface area contributed by atoms with Crippen LogP contribution in [0.4, 0.5) is 10.5 Å². The third-order valence-corrected chi connectivity index (χ3v) is 3.86. The SMILES string of the molecule is O=C(NCc1nnnn1-c1ccccc1)Nc1ccc(Cl)c(Cl)c1. The molecule has 2 aromatic carbocycles. The monoisotopic (exact) mass is 362 g/mol. The van der Waals surface area contributed by atoms with Crippen LogP contribution < -0.4 is 10.6 Å². The number of benzene rings is 2. The lowest BCUT2D eigenvalue weighted by molar-refractivity contribution is 0.251. The number of halogens is 2. The van der Waals surface area contributed by atoms with Gasteiger partial charge in [0, 0.05) is 5.69 Å². The first-order valence-corrected chi connectivity index (χ1v) is 7.71. The lowest BCUT2D eigenvalue weighted by Crippen LogP contribution is -2.29. The number of anilines is 1. The molecule has 0 fully saturated rings. The van der Waals surface area contributed by atoms with Gasteiger partial charge >= 0.3 is 6.03 Å². The van der Waals surface area contributed by atoms with Crippen LogP contribution in [0.5, 0.6) is 0 Å². The van der Waals surface area contributed by atoms with Gasteiger partial charge in [-0.05, 0) is 40.8 Å². The summed E-state index contributed by atoms with van der Waals surface area (Å²) in [7, 11) is 0. The third kappa shape index (κ3) is 3.81. The first-order valence-electron chi connectivity index (χ1n) is 6.96. The van der Waals surface area contributed by atoms with E-state index < -0.39 is 6.03 Å². The predicted molar refractivity (Wildman–Crippen MR) is 91.5 cm³/mol. The van der Waals surface area contributed by atoms with Crippen molar-refractivity contribution in [2.75, 3.05) is 5.32 Å². The maximum Gasteiger partial charge on any atom is 0.319 e. The molecule has 0 radical (unpaired) electrons. The molecule has 0 atom stereocenters. The topological polar surface area (TPSA) is 84.7 Å². The molecule has 1 aromatic heterocycles. The standard InChI is InChI=1S/C15H12Cl2N6O/c16-12-7-6-10(8-13(12)17)19-15(24)18-9-14-20-21-22-23(14)11-4-2-1-3-5-11/h1-8H,9H2,(H2,18,19,24). The van der Waals surface area contributed by atoms with E-state index >= 15 is 0 Å². The average molecular weight is 363 g/mol. The van der Waals surface area contributed by atoms with Crippen LogP contribution >= 0.6 is 23.2 Å². The van der Waals surface area contributed by atoms with Gasteiger partial charge in [0.05, 0.1) is 22.3 Å². The van der Waals surface area contributed by atoms with Crippen LogP contribution in [0.3, 0.4) is 0 Å². The summed E-state index contributed by atoms with van der Waals surface area (Å²) in [5.74, 6) is 0.505. The van der Waals surface area contributed by atoms with Gasteiger partial charge in [0.1, 0.15) is 0 Å². The highest BCUT2D eigenvalue weighted by atomic mass is 35.5. The Bertz CT molecular complexity index is 852. The van der Waals surface area contributed by atoms with Crippen LogP contribution in [-0.2, 0) is 6.54 Å². The van der Waals surface area contributed by atoms with Crippen molar-refractivity contribution in [3.8, 4) is 5.69 Å².